The molecule has 6 nitrogen and oxygen atoms in total. The number of pyridine rings is 1. The molecule has 5 N–H and O–H groups in total. The van der Waals surface area contributed by atoms with E-state index in [1.807, 2.05) is 12.1 Å². The Morgan fingerprint density at radius 2 is 2.22 bits per heavy atom. The Morgan fingerprint density at radius 3 is 2.91 bits per heavy atom. The number of aromatic nitrogens is 1. The zero-order valence-corrected chi connectivity index (χ0v) is 14.4. The number of nitrogens with two attached hydrogens (primary N) is 1. The zero-order chi connectivity index (χ0) is 16.1. The lowest BCUT2D eigenvalue weighted by Gasteiger charge is -2.27. The van der Waals surface area contributed by atoms with Crippen molar-refractivity contribution >= 4 is 27.3 Å². The number of halogens is 1. The van der Waals surface area contributed by atoms with E-state index in [4.69, 9.17) is 10.7 Å². The van der Waals surface area contributed by atoms with Crippen molar-refractivity contribution in [1.82, 2.24) is 15.6 Å². The van der Waals surface area contributed by atoms with Crippen LogP contribution in [0.1, 0.15) is 12.8 Å². The fraction of sp³-hybridized carbons (Fsp3) is 0.375. The first-order chi connectivity index (χ1) is 11.3. The average Bonchev–Trinajstić information content (AvgIpc) is 2.62. The van der Waals surface area contributed by atoms with Gasteiger partial charge in [-0.05, 0) is 38.1 Å². The van der Waals surface area contributed by atoms with Crippen LogP contribution in [0.5, 0.6) is 0 Å². The van der Waals surface area contributed by atoms with Gasteiger partial charge in [-0.25, -0.2) is 4.99 Å². The summed E-state index contributed by atoms with van der Waals surface area (Å²) < 4.78 is 0.863. The Labute approximate surface area is 144 Å². The Balaban J connectivity index is 1.86. The summed E-state index contributed by atoms with van der Waals surface area (Å²) in [4.78, 5) is 8.90. The topological polar surface area (TPSA) is 87.4 Å². The Morgan fingerprint density at radius 1 is 1.39 bits per heavy atom. The predicted molar refractivity (Wildman–Crippen MR) is 97.1 cm³/mol. The summed E-state index contributed by atoms with van der Waals surface area (Å²) in [6.07, 6.45) is 7.83. The molecule has 2 aliphatic heterocycles. The van der Waals surface area contributed by atoms with Gasteiger partial charge in [0.2, 0.25) is 0 Å². The van der Waals surface area contributed by atoms with E-state index in [0.717, 1.165) is 53.5 Å². The van der Waals surface area contributed by atoms with Gasteiger partial charge in [0, 0.05) is 30.4 Å². The molecule has 0 aliphatic carbocycles. The smallest absolute Gasteiger partial charge is 0.143 e. The van der Waals surface area contributed by atoms with Gasteiger partial charge in [-0.2, -0.15) is 0 Å². The van der Waals surface area contributed by atoms with Crippen LogP contribution >= 0.6 is 15.9 Å². The molecule has 1 fully saturated rings. The lowest BCUT2D eigenvalue weighted by Crippen LogP contribution is -2.34. The number of hydrogen-bond acceptors (Lipinski definition) is 6. The highest BCUT2D eigenvalue weighted by Gasteiger charge is 2.22. The number of allylic oxidation sites excluding steroid dienone is 1. The second-order valence-electron chi connectivity index (χ2n) is 5.57. The van der Waals surface area contributed by atoms with Crippen LogP contribution in [-0.4, -0.2) is 30.3 Å². The van der Waals surface area contributed by atoms with Crippen molar-refractivity contribution in [3.8, 4) is 0 Å². The van der Waals surface area contributed by atoms with E-state index < -0.39 is 0 Å². The SMILES string of the molecule is NC/C(Br)=C1/N=C(C2CCNCC2)C=C(Nc2cccnc2)N1. The van der Waals surface area contributed by atoms with Crippen molar-refractivity contribution in [2.75, 3.05) is 25.0 Å². The molecule has 1 saturated heterocycles. The molecule has 3 heterocycles. The maximum Gasteiger partial charge on any atom is 0.143 e. The molecule has 0 aromatic carbocycles. The molecule has 0 amide bonds. The van der Waals surface area contributed by atoms with Crippen molar-refractivity contribution in [2.45, 2.75) is 12.8 Å². The zero-order valence-electron chi connectivity index (χ0n) is 12.8. The molecule has 0 atom stereocenters. The summed E-state index contributed by atoms with van der Waals surface area (Å²) in [7, 11) is 0. The maximum absolute atomic E-state index is 5.75. The number of rotatable bonds is 4. The van der Waals surface area contributed by atoms with E-state index in [0.29, 0.717) is 12.5 Å². The molecule has 0 unspecified atom stereocenters. The van der Waals surface area contributed by atoms with Gasteiger partial charge in [0.15, 0.2) is 0 Å². The molecule has 23 heavy (non-hydrogen) atoms. The quantitative estimate of drug-likeness (QED) is 0.644. The Bertz CT molecular complexity index is 631. The van der Waals surface area contributed by atoms with E-state index in [1.54, 1.807) is 12.4 Å². The third kappa shape index (κ3) is 4.19. The predicted octanol–water partition coefficient (Wildman–Crippen LogP) is 1.90. The number of hydrogen-bond donors (Lipinski definition) is 4. The van der Waals surface area contributed by atoms with E-state index in [1.165, 1.54) is 0 Å². The highest BCUT2D eigenvalue weighted by Crippen LogP contribution is 2.23. The van der Waals surface area contributed by atoms with Crippen molar-refractivity contribution in [3.63, 3.8) is 0 Å². The van der Waals surface area contributed by atoms with Crippen molar-refractivity contribution in [3.05, 3.63) is 46.7 Å². The molecule has 2 aliphatic rings. The van der Waals surface area contributed by atoms with E-state index in [-0.39, 0.29) is 0 Å². The summed E-state index contributed by atoms with van der Waals surface area (Å²) >= 11 is 3.51. The van der Waals surface area contributed by atoms with Crippen LogP contribution in [0, 0.1) is 5.92 Å². The molecule has 1 aromatic rings. The molecule has 1 aromatic heterocycles. The number of aliphatic imine (C=N–C) groups is 1. The molecular weight excluding hydrogens is 356 g/mol. The first-order valence-corrected chi connectivity index (χ1v) is 8.59. The summed E-state index contributed by atoms with van der Waals surface area (Å²) in [6.45, 7) is 2.48. The van der Waals surface area contributed by atoms with Crippen LogP contribution < -0.4 is 21.7 Å². The van der Waals surface area contributed by atoms with Crippen LogP contribution in [0.4, 0.5) is 5.69 Å². The van der Waals surface area contributed by atoms with Crippen molar-refractivity contribution < 1.29 is 0 Å². The van der Waals surface area contributed by atoms with Gasteiger partial charge >= 0.3 is 0 Å². The fourth-order valence-corrected chi connectivity index (χ4v) is 2.90. The number of piperidine rings is 1. The van der Waals surface area contributed by atoms with E-state index in [2.05, 4.69) is 42.9 Å². The second kappa shape index (κ2) is 7.72. The second-order valence-corrected chi connectivity index (χ2v) is 6.53. The van der Waals surface area contributed by atoms with Crippen molar-refractivity contribution in [2.24, 2.45) is 16.6 Å². The standard InChI is InChI=1S/C16H21BrN6/c17-13(9-18)16-22-14(11-3-6-19-7-4-11)8-15(23-16)21-12-2-1-5-20-10-12/h1-2,5,8,10-11,19,21,23H,3-4,6-7,9,18H2/b16-13+. The molecule has 0 spiro atoms. The van der Waals surface area contributed by atoms with Crippen LogP contribution in [0.2, 0.25) is 0 Å². The normalized spacial score (nSPS) is 21.1. The third-order valence-corrected chi connectivity index (χ3v) is 4.62. The summed E-state index contributed by atoms with van der Waals surface area (Å²) in [6, 6.07) is 3.88. The number of anilines is 1. The molecule has 122 valence electrons. The molecule has 0 bridgehead atoms. The van der Waals surface area contributed by atoms with E-state index in [9.17, 15) is 0 Å². The monoisotopic (exact) mass is 376 g/mol. The van der Waals surface area contributed by atoms with Crippen LogP contribution in [0.3, 0.4) is 0 Å². The molecule has 0 radical (unpaired) electrons. The lowest BCUT2D eigenvalue weighted by atomic mass is 9.92. The molecule has 0 saturated carbocycles. The van der Waals surface area contributed by atoms with Crippen LogP contribution in [-0.2, 0) is 0 Å². The third-order valence-electron chi connectivity index (χ3n) is 3.92. The van der Waals surface area contributed by atoms with Gasteiger partial charge in [0.25, 0.3) is 0 Å². The highest BCUT2D eigenvalue weighted by atomic mass is 79.9. The average molecular weight is 377 g/mol. The molecule has 3 rings (SSSR count). The van der Waals surface area contributed by atoms with E-state index >= 15 is 0 Å². The van der Waals surface area contributed by atoms with Gasteiger partial charge < -0.3 is 21.7 Å². The summed E-state index contributed by atoms with van der Waals surface area (Å²) in [5.74, 6) is 2.13. The maximum atomic E-state index is 5.75. The van der Waals surface area contributed by atoms with Gasteiger partial charge in [-0.1, -0.05) is 15.9 Å². The van der Waals surface area contributed by atoms with Crippen LogP contribution in [0.15, 0.2) is 51.7 Å². The van der Waals surface area contributed by atoms with Gasteiger partial charge in [-0.3, -0.25) is 4.98 Å². The summed E-state index contributed by atoms with van der Waals surface area (Å²) in [5.41, 5.74) is 7.78. The largest absolute Gasteiger partial charge is 0.340 e. The van der Waals surface area contributed by atoms with Gasteiger partial charge in [0.1, 0.15) is 11.6 Å². The minimum absolute atomic E-state index is 0.408. The minimum Gasteiger partial charge on any atom is -0.340 e. The number of nitrogens with zero attached hydrogens (tertiary/aromatic N) is 2. The Hall–Kier alpha value is -1.70. The van der Waals surface area contributed by atoms with Crippen molar-refractivity contribution in [1.29, 1.82) is 0 Å². The van der Waals surface area contributed by atoms with Gasteiger partial charge in [0.05, 0.1) is 16.4 Å². The molecule has 7 heteroatoms. The molecular formula is C16H21BrN6. The van der Waals surface area contributed by atoms with Gasteiger partial charge in [-0.15, -0.1) is 0 Å². The highest BCUT2D eigenvalue weighted by molar-refractivity contribution is 9.11. The number of nitrogens with one attached hydrogen (secondary N) is 3. The first-order valence-electron chi connectivity index (χ1n) is 7.80. The summed E-state index contributed by atoms with van der Waals surface area (Å²) in [5, 5.41) is 10.0. The van der Waals surface area contributed by atoms with Crippen LogP contribution in [0.25, 0.3) is 0 Å². The lowest BCUT2D eigenvalue weighted by molar-refractivity contribution is 0.456. The minimum atomic E-state index is 0.408. The fourth-order valence-electron chi connectivity index (χ4n) is 2.71. The Kier molecular flexibility index (Phi) is 5.43. The first kappa shape index (κ1) is 16.2.